The van der Waals surface area contributed by atoms with E-state index in [1.807, 2.05) is 32.9 Å². The van der Waals surface area contributed by atoms with Gasteiger partial charge in [-0.3, -0.25) is 0 Å². The van der Waals surface area contributed by atoms with E-state index in [9.17, 15) is 4.79 Å². The molecule has 2 aromatic rings. The number of fused-ring (bicyclic) bond motifs is 1. The van der Waals surface area contributed by atoms with Gasteiger partial charge in [-0.1, -0.05) is 25.5 Å². The second-order valence-electron chi connectivity index (χ2n) is 8.11. The molecule has 0 radical (unpaired) electrons. The zero-order chi connectivity index (χ0) is 19.6. The number of hydrogen-bond donors (Lipinski definition) is 2. The first-order valence-corrected chi connectivity index (χ1v) is 9.50. The van der Waals surface area contributed by atoms with Crippen molar-refractivity contribution in [2.75, 3.05) is 7.11 Å². The van der Waals surface area contributed by atoms with Gasteiger partial charge in [0.25, 0.3) is 0 Å². The Kier molecular flexibility index (Phi) is 5.44. The normalized spacial score (nSPS) is 16.3. The van der Waals surface area contributed by atoms with Crippen LogP contribution in [-0.4, -0.2) is 28.8 Å². The summed E-state index contributed by atoms with van der Waals surface area (Å²) in [5, 5.41) is 3.04. The molecule has 1 aromatic heterocycles. The number of alkyl carbamates (subject to hydrolysis) is 1. The average molecular weight is 371 g/mol. The maximum absolute atomic E-state index is 12.4. The van der Waals surface area contributed by atoms with Crippen LogP contribution >= 0.6 is 0 Å². The highest BCUT2D eigenvalue weighted by atomic mass is 16.6. The predicted molar refractivity (Wildman–Crippen MR) is 107 cm³/mol. The van der Waals surface area contributed by atoms with Gasteiger partial charge in [0.1, 0.15) is 17.2 Å². The summed E-state index contributed by atoms with van der Waals surface area (Å²) in [4.78, 5) is 20.5. The Bertz CT molecular complexity index is 829. The molecule has 2 N–H and O–H groups in total. The lowest BCUT2D eigenvalue weighted by Gasteiger charge is -2.26. The first-order valence-electron chi connectivity index (χ1n) is 9.50. The molecule has 0 spiro atoms. The van der Waals surface area contributed by atoms with E-state index in [-0.39, 0.29) is 6.04 Å². The molecule has 0 aliphatic heterocycles. The minimum absolute atomic E-state index is 0.201. The highest BCUT2D eigenvalue weighted by Gasteiger charge is 2.31. The van der Waals surface area contributed by atoms with Crippen molar-refractivity contribution in [3.63, 3.8) is 0 Å². The van der Waals surface area contributed by atoms with Crippen molar-refractivity contribution in [2.24, 2.45) is 5.92 Å². The number of rotatable bonds is 5. The maximum Gasteiger partial charge on any atom is 0.408 e. The van der Waals surface area contributed by atoms with Crippen molar-refractivity contribution in [1.82, 2.24) is 15.3 Å². The van der Waals surface area contributed by atoms with Gasteiger partial charge >= 0.3 is 6.09 Å². The lowest BCUT2D eigenvalue weighted by atomic mass is 9.97. The third kappa shape index (κ3) is 4.43. The number of nitrogens with zero attached hydrogens (tertiary/aromatic N) is 1. The first kappa shape index (κ1) is 19.3. The maximum atomic E-state index is 12.4. The van der Waals surface area contributed by atoms with Gasteiger partial charge in [0, 0.05) is 11.6 Å². The lowest BCUT2D eigenvalue weighted by Crippen LogP contribution is -2.37. The number of hydrogen-bond acceptors (Lipinski definition) is 4. The highest BCUT2D eigenvalue weighted by Crippen LogP contribution is 2.36. The molecule has 0 saturated heterocycles. The lowest BCUT2D eigenvalue weighted by molar-refractivity contribution is 0.0482. The minimum atomic E-state index is -0.537. The molecule has 1 heterocycles. The summed E-state index contributed by atoms with van der Waals surface area (Å²) in [6.07, 6.45) is 5.82. The fraction of sp³-hybridized carbons (Fsp3) is 0.524. The van der Waals surface area contributed by atoms with Gasteiger partial charge in [-0.15, -0.1) is 0 Å². The number of aromatic nitrogens is 2. The van der Waals surface area contributed by atoms with E-state index >= 15 is 0 Å². The molecular weight excluding hydrogens is 342 g/mol. The molecule has 1 aromatic carbocycles. The molecule has 6 nitrogen and oxygen atoms in total. The molecular formula is C21H29N3O3. The van der Waals surface area contributed by atoms with Crippen LogP contribution in [0.4, 0.5) is 4.79 Å². The zero-order valence-electron chi connectivity index (χ0n) is 16.6. The number of carbonyl (C=O) groups is 1. The number of methoxy groups -OCH3 is 1. The number of aromatic amines is 1. The monoisotopic (exact) mass is 371 g/mol. The van der Waals surface area contributed by atoms with Crippen molar-refractivity contribution >= 4 is 23.2 Å². The summed E-state index contributed by atoms with van der Waals surface area (Å²) in [6.45, 7) is 9.42. The Hall–Kier alpha value is -2.50. The minimum Gasteiger partial charge on any atom is -0.496 e. The summed E-state index contributed by atoms with van der Waals surface area (Å²) < 4.78 is 10.9. The molecule has 27 heavy (non-hydrogen) atoms. The van der Waals surface area contributed by atoms with Crippen LogP contribution in [0.25, 0.3) is 17.1 Å². The van der Waals surface area contributed by atoms with E-state index in [4.69, 9.17) is 14.5 Å². The van der Waals surface area contributed by atoms with Gasteiger partial charge in [-0.25, -0.2) is 9.78 Å². The SMILES string of the molecule is C=Cc1cc2[nH]c(C(NC(=O)OC(C)(C)C)C3CCCC3)nc2cc1OC. The molecule has 6 heteroatoms. The number of amides is 1. The van der Waals surface area contributed by atoms with E-state index in [1.54, 1.807) is 13.2 Å². The number of benzene rings is 1. The van der Waals surface area contributed by atoms with E-state index in [1.165, 1.54) is 12.8 Å². The molecule has 1 atom stereocenters. The molecule has 1 aliphatic carbocycles. The molecule has 0 bridgehead atoms. The van der Waals surface area contributed by atoms with Crippen LogP contribution in [0.5, 0.6) is 5.75 Å². The fourth-order valence-corrected chi connectivity index (χ4v) is 3.69. The fourth-order valence-electron chi connectivity index (χ4n) is 3.69. The largest absolute Gasteiger partial charge is 0.496 e. The Morgan fingerprint density at radius 1 is 1.37 bits per heavy atom. The van der Waals surface area contributed by atoms with Crippen molar-refractivity contribution in [3.8, 4) is 5.75 Å². The topological polar surface area (TPSA) is 76.2 Å². The Balaban J connectivity index is 1.93. The summed E-state index contributed by atoms with van der Waals surface area (Å²) in [5.41, 5.74) is 2.07. The molecule has 1 aliphatic rings. The predicted octanol–water partition coefficient (Wildman–Crippen LogP) is 4.97. The number of imidazole rings is 1. The third-order valence-electron chi connectivity index (χ3n) is 4.91. The Morgan fingerprint density at radius 2 is 2.07 bits per heavy atom. The molecule has 1 saturated carbocycles. The van der Waals surface area contributed by atoms with Crippen molar-refractivity contribution in [1.29, 1.82) is 0 Å². The van der Waals surface area contributed by atoms with Crippen LogP contribution < -0.4 is 10.1 Å². The number of nitrogens with one attached hydrogen (secondary N) is 2. The summed E-state index contributed by atoms with van der Waals surface area (Å²) in [7, 11) is 1.63. The first-order chi connectivity index (χ1) is 12.8. The molecule has 146 valence electrons. The Labute approximate surface area is 160 Å². The van der Waals surface area contributed by atoms with Crippen LogP contribution in [0.1, 0.15) is 63.9 Å². The van der Waals surface area contributed by atoms with Crippen LogP contribution in [0.3, 0.4) is 0 Å². The quantitative estimate of drug-likeness (QED) is 0.778. The van der Waals surface area contributed by atoms with Crippen molar-refractivity contribution in [3.05, 3.63) is 30.1 Å². The van der Waals surface area contributed by atoms with Gasteiger partial charge in [0.2, 0.25) is 0 Å². The Morgan fingerprint density at radius 3 is 2.67 bits per heavy atom. The second kappa shape index (κ2) is 7.62. The summed E-state index contributed by atoms with van der Waals surface area (Å²) in [5.74, 6) is 1.83. The van der Waals surface area contributed by atoms with E-state index < -0.39 is 11.7 Å². The van der Waals surface area contributed by atoms with Crippen molar-refractivity contribution < 1.29 is 14.3 Å². The van der Waals surface area contributed by atoms with Gasteiger partial charge in [-0.2, -0.15) is 0 Å². The summed E-state index contributed by atoms with van der Waals surface area (Å²) >= 11 is 0. The van der Waals surface area contributed by atoms with Crippen LogP contribution in [0, 0.1) is 5.92 Å². The van der Waals surface area contributed by atoms with Gasteiger partial charge in [0.15, 0.2) is 0 Å². The van der Waals surface area contributed by atoms with Crippen LogP contribution in [0.2, 0.25) is 0 Å². The third-order valence-corrected chi connectivity index (χ3v) is 4.91. The van der Waals surface area contributed by atoms with Gasteiger partial charge < -0.3 is 19.8 Å². The summed E-state index contributed by atoms with van der Waals surface area (Å²) in [6, 6.07) is 3.66. The molecule has 1 amide bonds. The molecule has 1 unspecified atom stereocenters. The number of H-pyrrole nitrogens is 1. The van der Waals surface area contributed by atoms with Crippen LogP contribution in [0.15, 0.2) is 18.7 Å². The second-order valence-corrected chi connectivity index (χ2v) is 8.11. The standard InChI is InChI=1S/C21H29N3O3/c1-6-13-11-15-16(12-17(13)26-5)23-19(22-15)18(14-9-7-8-10-14)24-20(25)27-21(2,3)4/h6,11-12,14,18H,1,7-10H2,2-5H3,(H,22,23)(H,24,25). The molecule has 1 fully saturated rings. The van der Waals surface area contributed by atoms with E-state index in [0.29, 0.717) is 5.92 Å². The highest BCUT2D eigenvalue weighted by molar-refractivity contribution is 5.81. The zero-order valence-corrected chi connectivity index (χ0v) is 16.6. The van der Waals surface area contributed by atoms with Crippen LogP contribution in [-0.2, 0) is 4.74 Å². The van der Waals surface area contributed by atoms with Gasteiger partial charge in [-0.05, 0) is 45.6 Å². The van der Waals surface area contributed by atoms with E-state index in [2.05, 4.69) is 16.9 Å². The van der Waals surface area contributed by atoms with Crippen molar-refractivity contribution in [2.45, 2.75) is 58.1 Å². The number of carbonyl (C=O) groups excluding carboxylic acids is 1. The van der Waals surface area contributed by atoms with E-state index in [0.717, 1.165) is 41.0 Å². The average Bonchev–Trinajstić information content (AvgIpc) is 3.25. The number of ether oxygens (including phenoxy) is 2. The van der Waals surface area contributed by atoms with Gasteiger partial charge in [0.05, 0.1) is 24.2 Å². The molecule has 3 rings (SSSR count). The smallest absolute Gasteiger partial charge is 0.408 e.